The first-order valence-corrected chi connectivity index (χ1v) is 7.27. The summed E-state index contributed by atoms with van der Waals surface area (Å²) >= 11 is 0. The van der Waals surface area contributed by atoms with Crippen LogP contribution in [-0.4, -0.2) is 24.8 Å². The van der Waals surface area contributed by atoms with Crippen molar-refractivity contribution in [2.24, 2.45) is 4.99 Å². The van der Waals surface area contributed by atoms with Gasteiger partial charge >= 0.3 is 0 Å². The summed E-state index contributed by atoms with van der Waals surface area (Å²) in [4.78, 5) is 6.22. The Morgan fingerprint density at radius 1 is 1.18 bits per heavy atom. The molecule has 0 amide bonds. The Hall–Kier alpha value is -2.23. The predicted octanol–water partition coefficient (Wildman–Crippen LogP) is 4.48. The molecule has 2 nitrogen and oxygen atoms in total. The van der Waals surface area contributed by atoms with Crippen molar-refractivity contribution in [2.45, 2.75) is 20.3 Å². The Kier molecular flexibility index (Phi) is 5.26. The number of hydrogen-bond acceptors (Lipinski definition) is 1. The molecule has 0 spiro atoms. The summed E-state index contributed by atoms with van der Waals surface area (Å²) in [5.41, 5.74) is 2.81. The van der Waals surface area contributed by atoms with E-state index in [-0.39, 0.29) is 11.6 Å². The maximum atomic E-state index is 14.2. The molecule has 0 atom stereocenters. The van der Waals surface area contributed by atoms with E-state index in [1.54, 1.807) is 24.5 Å². The molecule has 0 aliphatic carbocycles. The molecule has 0 aliphatic heterocycles. The van der Waals surface area contributed by atoms with E-state index in [2.05, 4.69) is 4.99 Å². The fourth-order valence-electron chi connectivity index (χ4n) is 2.11. The first-order valence-electron chi connectivity index (χ1n) is 7.27. The molecule has 0 radical (unpaired) electrons. The van der Waals surface area contributed by atoms with Crippen LogP contribution in [0.15, 0.2) is 41.4 Å². The summed E-state index contributed by atoms with van der Waals surface area (Å²) in [5, 5.41) is 0. The normalized spacial score (nSPS) is 11.1. The van der Waals surface area contributed by atoms with Crippen LogP contribution in [0.3, 0.4) is 0 Å². The van der Waals surface area contributed by atoms with Gasteiger partial charge in [-0.2, -0.15) is 0 Å². The van der Waals surface area contributed by atoms with Crippen LogP contribution in [0, 0.1) is 18.6 Å². The lowest BCUT2D eigenvalue weighted by molar-refractivity contribution is 0.552. The van der Waals surface area contributed by atoms with Crippen LogP contribution in [0.1, 0.15) is 23.6 Å². The minimum Gasteiger partial charge on any atom is -0.366 e. The summed E-state index contributed by atoms with van der Waals surface area (Å²) in [6, 6.07) is 9.45. The largest absolute Gasteiger partial charge is 0.366 e. The van der Waals surface area contributed by atoms with Crippen molar-refractivity contribution in [3.05, 3.63) is 64.7 Å². The minimum atomic E-state index is -0.318. The number of aliphatic imine (C=N–C) groups is 1. The van der Waals surface area contributed by atoms with Crippen LogP contribution in [0.5, 0.6) is 0 Å². The number of hydrogen-bond donors (Lipinski definition) is 0. The number of nitrogens with zero attached hydrogens (tertiary/aromatic N) is 2. The number of rotatable bonds is 5. The van der Waals surface area contributed by atoms with E-state index in [0.717, 1.165) is 17.7 Å². The summed E-state index contributed by atoms with van der Waals surface area (Å²) in [6.45, 7) is 4.75. The molecular formula is C18H20F2N2. The van der Waals surface area contributed by atoms with Crippen molar-refractivity contribution in [1.82, 2.24) is 4.90 Å². The molecule has 0 bridgehead atoms. The molecule has 116 valence electrons. The zero-order valence-electron chi connectivity index (χ0n) is 13.1. The summed E-state index contributed by atoms with van der Waals surface area (Å²) in [5.74, 6) is -0.625. The van der Waals surface area contributed by atoms with E-state index < -0.39 is 0 Å². The van der Waals surface area contributed by atoms with Crippen molar-refractivity contribution in [3.8, 4) is 0 Å². The molecule has 4 heteroatoms. The molecule has 2 rings (SSSR count). The summed E-state index contributed by atoms with van der Waals surface area (Å²) < 4.78 is 27.4. The second-order valence-electron chi connectivity index (χ2n) is 5.35. The Balaban J connectivity index is 2.24. The van der Waals surface area contributed by atoms with Crippen molar-refractivity contribution in [1.29, 1.82) is 0 Å². The standard InChI is InChI=1S/C18H20F2N2/c1-4-22(3)12-21-18-11-17(20)15(8-13(18)2)9-14-6-5-7-16(19)10-14/h5-8,10-12H,4,9H2,1-3H3. The highest BCUT2D eigenvalue weighted by molar-refractivity contribution is 5.63. The van der Waals surface area contributed by atoms with E-state index in [9.17, 15) is 8.78 Å². The SMILES string of the molecule is CCN(C)C=Nc1cc(F)c(Cc2cccc(F)c2)cc1C. The molecule has 0 saturated heterocycles. The van der Waals surface area contributed by atoms with Gasteiger partial charge in [0.1, 0.15) is 11.6 Å². The second-order valence-corrected chi connectivity index (χ2v) is 5.35. The van der Waals surface area contributed by atoms with Crippen LogP contribution >= 0.6 is 0 Å². The van der Waals surface area contributed by atoms with Gasteiger partial charge in [0.15, 0.2) is 0 Å². The van der Waals surface area contributed by atoms with Gasteiger partial charge in [0.2, 0.25) is 0 Å². The average Bonchev–Trinajstić information content (AvgIpc) is 2.49. The molecule has 0 N–H and O–H groups in total. The van der Waals surface area contributed by atoms with Crippen LogP contribution in [0.4, 0.5) is 14.5 Å². The van der Waals surface area contributed by atoms with Crippen LogP contribution in [-0.2, 0) is 6.42 Å². The van der Waals surface area contributed by atoms with E-state index >= 15 is 0 Å². The molecule has 0 aromatic heterocycles. The van der Waals surface area contributed by atoms with E-state index in [4.69, 9.17) is 0 Å². The second kappa shape index (κ2) is 7.16. The van der Waals surface area contributed by atoms with Gasteiger partial charge < -0.3 is 4.90 Å². The van der Waals surface area contributed by atoms with E-state index in [0.29, 0.717) is 17.7 Å². The smallest absolute Gasteiger partial charge is 0.128 e. The Bertz CT molecular complexity index is 681. The molecule has 0 heterocycles. The van der Waals surface area contributed by atoms with Gasteiger partial charge in [-0.05, 0) is 42.7 Å². The summed E-state index contributed by atoms with van der Waals surface area (Å²) in [7, 11) is 1.91. The molecule has 0 aliphatic rings. The van der Waals surface area contributed by atoms with Gasteiger partial charge in [-0.15, -0.1) is 0 Å². The highest BCUT2D eigenvalue weighted by atomic mass is 19.1. The van der Waals surface area contributed by atoms with Crippen molar-refractivity contribution >= 4 is 12.0 Å². The fraction of sp³-hybridized carbons (Fsp3) is 0.278. The molecular weight excluding hydrogens is 282 g/mol. The highest BCUT2D eigenvalue weighted by Crippen LogP contribution is 2.24. The average molecular weight is 302 g/mol. The van der Waals surface area contributed by atoms with Gasteiger partial charge in [-0.25, -0.2) is 13.8 Å². The molecule has 22 heavy (non-hydrogen) atoms. The number of benzene rings is 2. The predicted molar refractivity (Wildman–Crippen MR) is 86.8 cm³/mol. The number of halogens is 2. The van der Waals surface area contributed by atoms with Gasteiger partial charge in [0, 0.05) is 26.1 Å². The Morgan fingerprint density at radius 2 is 1.95 bits per heavy atom. The zero-order chi connectivity index (χ0) is 16.1. The lowest BCUT2D eigenvalue weighted by Gasteiger charge is -2.10. The quantitative estimate of drug-likeness (QED) is 0.587. The van der Waals surface area contributed by atoms with Gasteiger partial charge in [0.05, 0.1) is 12.0 Å². The first kappa shape index (κ1) is 16.1. The van der Waals surface area contributed by atoms with Gasteiger partial charge in [0.25, 0.3) is 0 Å². The van der Waals surface area contributed by atoms with Crippen molar-refractivity contribution < 1.29 is 8.78 Å². The van der Waals surface area contributed by atoms with E-state index in [1.807, 2.05) is 25.8 Å². The molecule has 2 aromatic rings. The van der Waals surface area contributed by atoms with Crippen LogP contribution in [0.25, 0.3) is 0 Å². The Morgan fingerprint density at radius 3 is 2.64 bits per heavy atom. The van der Waals surface area contributed by atoms with Crippen LogP contribution < -0.4 is 0 Å². The van der Waals surface area contributed by atoms with Crippen molar-refractivity contribution in [3.63, 3.8) is 0 Å². The maximum Gasteiger partial charge on any atom is 0.128 e. The lowest BCUT2D eigenvalue weighted by atomic mass is 10.0. The maximum absolute atomic E-state index is 14.2. The lowest BCUT2D eigenvalue weighted by Crippen LogP contribution is -2.14. The molecule has 0 saturated carbocycles. The van der Waals surface area contributed by atoms with Gasteiger partial charge in [-0.3, -0.25) is 0 Å². The molecule has 2 aromatic carbocycles. The summed E-state index contributed by atoms with van der Waals surface area (Å²) in [6.07, 6.45) is 2.05. The fourth-order valence-corrected chi connectivity index (χ4v) is 2.11. The Labute approximate surface area is 130 Å². The molecule has 0 unspecified atom stereocenters. The third-order valence-electron chi connectivity index (χ3n) is 3.54. The minimum absolute atomic E-state index is 0.307. The topological polar surface area (TPSA) is 15.6 Å². The van der Waals surface area contributed by atoms with E-state index in [1.165, 1.54) is 18.2 Å². The van der Waals surface area contributed by atoms with Crippen molar-refractivity contribution in [2.75, 3.05) is 13.6 Å². The van der Waals surface area contributed by atoms with Gasteiger partial charge in [-0.1, -0.05) is 18.2 Å². The third-order valence-corrected chi connectivity index (χ3v) is 3.54. The zero-order valence-corrected chi connectivity index (χ0v) is 13.1. The molecule has 0 fully saturated rings. The monoisotopic (exact) mass is 302 g/mol. The third kappa shape index (κ3) is 4.13. The number of aryl methyl sites for hydroxylation is 1. The van der Waals surface area contributed by atoms with Crippen LogP contribution in [0.2, 0.25) is 0 Å². The highest BCUT2D eigenvalue weighted by Gasteiger charge is 2.08. The first-order chi connectivity index (χ1) is 10.5.